The minimum atomic E-state index is -0.610. The smallest absolute Gasteiger partial charge is 0.245 e. The maximum absolute atomic E-state index is 13.9. The molecule has 2 atom stereocenters. The molecule has 5 heteroatoms. The van der Waals surface area contributed by atoms with Crippen molar-refractivity contribution >= 4 is 11.8 Å². The zero-order valence-corrected chi connectivity index (χ0v) is 12.8. The van der Waals surface area contributed by atoms with Gasteiger partial charge in [-0.2, -0.15) is 0 Å². The van der Waals surface area contributed by atoms with Crippen LogP contribution in [-0.4, -0.2) is 28.8 Å². The molecule has 0 bridgehead atoms. The van der Waals surface area contributed by atoms with Crippen molar-refractivity contribution in [1.29, 1.82) is 0 Å². The second-order valence-electron chi connectivity index (χ2n) is 6.56. The molecule has 1 aliphatic rings. The maximum Gasteiger partial charge on any atom is 0.245 e. The second kappa shape index (κ2) is 5.47. The highest BCUT2D eigenvalue weighted by atomic mass is 19.1. The Kier molecular flexibility index (Phi) is 4.03. The third-order valence-corrected chi connectivity index (χ3v) is 3.69. The normalized spacial score (nSPS) is 23.2. The highest BCUT2D eigenvalue weighted by molar-refractivity contribution is 5.97. The lowest BCUT2D eigenvalue weighted by molar-refractivity contribution is -0.154. The van der Waals surface area contributed by atoms with Crippen molar-refractivity contribution in [3.8, 4) is 0 Å². The predicted octanol–water partition coefficient (Wildman–Crippen LogP) is 2.09. The highest BCUT2D eigenvalue weighted by Crippen LogP contribution is 2.29. The Morgan fingerprint density at radius 3 is 2.43 bits per heavy atom. The first-order valence-electron chi connectivity index (χ1n) is 7.06. The van der Waals surface area contributed by atoms with E-state index in [0.717, 1.165) is 0 Å². The van der Waals surface area contributed by atoms with Gasteiger partial charge in [-0.1, -0.05) is 39.0 Å². The van der Waals surface area contributed by atoms with E-state index in [1.54, 1.807) is 25.1 Å². The summed E-state index contributed by atoms with van der Waals surface area (Å²) in [5.41, 5.74) is -0.00694. The molecule has 0 spiro atoms. The molecule has 1 heterocycles. The van der Waals surface area contributed by atoms with Crippen LogP contribution in [0.5, 0.6) is 0 Å². The molecule has 0 radical (unpaired) electrons. The average Bonchev–Trinajstić information content (AvgIpc) is 2.36. The predicted molar refractivity (Wildman–Crippen MR) is 77.8 cm³/mol. The number of hydrogen-bond acceptors (Lipinski definition) is 2. The molecule has 21 heavy (non-hydrogen) atoms. The monoisotopic (exact) mass is 292 g/mol. The van der Waals surface area contributed by atoms with Gasteiger partial charge >= 0.3 is 0 Å². The molecule has 1 aliphatic heterocycles. The fourth-order valence-corrected chi connectivity index (χ4v) is 2.71. The summed E-state index contributed by atoms with van der Waals surface area (Å²) >= 11 is 0. The SMILES string of the molecule is CC1NC(=O)C(C(C)(C)C)N(Cc2ccccc2F)C1=O. The fourth-order valence-electron chi connectivity index (χ4n) is 2.71. The van der Waals surface area contributed by atoms with Gasteiger partial charge in [0.2, 0.25) is 11.8 Å². The van der Waals surface area contributed by atoms with Gasteiger partial charge < -0.3 is 10.2 Å². The van der Waals surface area contributed by atoms with E-state index in [0.29, 0.717) is 5.56 Å². The van der Waals surface area contributed by atoms with E-state index in [-0.39, 0.29) is 24.2 Å². The van der Waals surface area contributed by atoms with Gasteiger partial charge in [-0.05, 0) is 18.4 Å². The number of halogens is 1. The van der Waals surface area contributed by atoms with Gasteiger partial charge in [-0.25, -0.2) is 4.39 Å². The molecule has 1 fully saturated rings. The minimum Gasteiger partial charge on any atom is -0.343 e. The summed E-state index contributed by atoms with van der Waals surface area (Å²) in [6.45, 7) is 7.44. The molecule has 1 aromatic carbocycles. The Labute approximate surface area is 124 Å². The van der Waals surface area contributed by atoms with Crippen LogP contribution < -0.4 is 5.32 Å². The average molecular weight is 292 g/mol. The standard InChI is InChI=1S/C16H21FN2O2/c1-10-15(21)19(9-11-7-5-6-8-12(11)17)13(14(20)18-10)16(2,3)4/h5-8,10,13H,9H2,1-4H3,(H,18,20). The van der Waals surface area contributed by atoms with Crippen molar-refractivity contribution in [2.75, 3.05) is 0 Å². The van der Waals surface area contributed by atoms with Gasteiger partial charge in [0.15, 0.2) is 0 Å². The van der Waals surface area contributed by atoms with Crippen LogP contribution in [0, 0.1) is 11.2 Å². The van der Waals surface area contributed by atoms with Crippen LogP contribution in [0.15, 0.2) is 24.3 Å². The third kappa shape index (κ3) is 3.06. The van der Waals surface area contributed by atoms with Crippen molar-refractivity contribution in [1.82, 2.24) is 10.2 Å². The zero-order chi connectivity index (χ0) is 15.8. The Morgan fingerprint density at radius 1 is 1.24 bits per heavy atom. The molecule has 2 amide bonds. The van der Waals surface area contributed by atoms with Crippen LogP contribution >= 0.6 is 0 Å². The number of hydrogen-bond donors (Lipinski definition) is 1. The quantitative estimate of drug-likeness (QED) is 0.907. The first-order valence-corrected chi connectivity index (χ1v) is 7.06. The third-order valence-electron chi connectivity index (χ3n) is 3.69. The first kappa shape index (κ1) is 15.5. The van der Waals surface area contributed by atoms with Crippen molar-refractivity contribution in [2.45, 2.75) is 46.3 Å². The minimum absolute atomic E-state index is 0.102. The van der Waals surface area contributed by atoms with Gasteiger partial charge in [-0.15, -0.1) is 0 Å². The van der Waals surface area contributed by atoms with E-state index < -0.39 is 17.5 Å². The summed E-state index contributed by atoms with van der Waals surface area (Å²) in [7, 11) is 0. The first-order chi connectivity index (χ1) is 9.71. The van der Waals surface area contributed by atoms with Gasteiger partial charge in [-0.3, -0.25) is 9.59 Å². The van der Waals surface area contributed by atoms with Crippen LogP contribution in [0.2, 0.25) is 0 Å². The summed E-state index contributed by atoms with van der Waals surface area (Å²) in [5.74, 6) is -0.736. The molecule has 1 aromatic rings. The van der Waals surface area contributed by atoms with Crippen LogP contribution in [0.3, 0.4) is 0 Å². The van der Waals surface area contributed by atoms with E-state index in [4.69, 9.17) is 0 Å². The molecule has 0 aromatic heterocycles. The molecule has 4 nitrogen and oxygen atoms in total. The lowest BCUT2D eigenvalue weighted by Gasteiger charge is -2.44. The van der Waals surface area contributed by atoms with Gasteiger partial charge in [0, 0.05) is 12.1 Å². The summed E-state index contributed by atoms with van der Waals surface area (Å²) in [5, 5.41) is 2.69. The largest absolute Gasteiger partial charge is 0.343 e. The van der Waals surface area contributed by atoms with E-state index in [1.165, 1.54) is 11.0 Å². The molecular formula is C16H21FN2O2. The van der Waals surface area contributed by atoms with E-state index in [9.17, 15) is 14.0 Å². The van der Waals surface area contributed by atoms with Gasteiger partial charge in [0.05, 0.1) is 0 Å². The van der Waals surface area contributed by atoms with Gasteiger partial charge in [0.1, 0.15) is 17.9 Å². The number of carbonyl (C=O) groups excluding carboxylic acids is 2. The van der Waals surface area contributed by atoms with E-state index in [2.05, 4.69) is 5.32 Å². The Hall–Kier alpha value is -1.91. The summed E-state index contributed by atoms with van der Waals surface area (Å²) in [6, 6.07) is 5.14. The van der Waals surface area contributed by atoms with Crippen molar-refractivity contribution < 1.29 is 14.0 Å². The number of piperazine rings is 1. The molecule has 0 aliphatic carbocycles. The van der Waals surface area contributed by atoms with Gasteiger partial charge in [0.25, 0.3) is 0 Å². The Morgan fingerprint density at radius 2 is 1.86 bits per heavy atom. The molecule has 0 saturated carbocycles. The van der Waals surface area contributed by atoms with Crippen molar-refractivity contribution in [2.24, 2.45) is 5.41 Å². The molecule has 114 valence electrons. The molecular weight excluding hydrogens is 271 g/mol. The number of rotatable bonds is 2. The van der Waals surface area contributed by atoms with Crippen LogP contribution in [0.25, 0.3) is 0 Å². The lowest BCUT2D eigenvalue weighted by Crippen LogP contribution is -2.65. The number of nitrogens with zero attached hydrogens (tertiary/aromatic N) is 1. The second-order valence-corrected chi connectivity index (χ2v) is 6.56. The topological polar surface area (TPSA) is 49.4 Å². The molecule has 2 unspecified atom stereocenters. The van der Waals surface area contributed by atoms with E-state index >= 15 is 0 Å². The van der Waals surface area contributed by atoms with Crippen molar-refractivity contribution in [3.63, 3.8) is 0 Å². The zero-order valence-electron chi connectivity index (χ0n) is 12.8. The number of nitrogens with one attached hydrogen (secondary N) is 1. The van der Waals surface area contributed by atoms with Crippen molar-refractivity contribution in [3.05, 3.63) is 35.6 Å². The highest BCUT2D eigenvalue weighted by Gasteiger charge is 2.44. The van der Waals surface area contributed by atoms with Crippen LogP contribution in [-0.2, 0) is 16.1 Å². The molecule has 1 N–H and O–H groups in total. The number of benzene rings is 1. The maximum atomic E-state index is 13.9. The molecule has 2 rings (SSSR count). The fraction of sp³-hybridized carbons (Fsp3) is 0.500. The Balaban J connectivity index is 2.37. The van der Waals surface area contributed by atoms with E-state index in [1.807, 2.05) is 20.8 Å². The van der Waals surface area contributed by atoms with Crippen LogP contribution in [0.1, 0.15) is 33.3 Å². The summed E-state index contributed by atoms with van der Waals surface area (Å²) < 4.78 is 13.9. The van der Waals surface area contributed by atoms with Crippen LogP contribution in [0.4, 0.5) is 4.39 Å². The summed E-state index contributed by atoms with van der Waals surface area (Å²) in [6.07, 6.45) is 0. The number of carbonyl (C=O) groups is 2. The Bertz CT molecular complexity index is 566. The number of amides is 2. The molecule has 1 saturated heterocycles. The summed E-state index contributed by atoms with van der Waals surface area (Å²) in [4.78, 5) is 26.2. The lowest BCUT2D eigenvalue weighted by atomic mass is 9.83.